The molecule has 2 aromatic heterocycles. The number of fused-ring (bicyclic) bond motifs is 1. The second-order valence-electron chi connectivity index (χ2n) is 4.84. The molecule has 2 N–H and O–H groups in total. The maximum absolute atomic E-state index is 11.9. The number of halogens is 1. The molecule has 0 aliphatic rings. The topological polar surface area (TPSA) is 95.9 Å². The van der Waals surface area contributed by atoms with E-state index in [0.29, 0.717) is 28.2 Å². The number of rotatable bonds is 4. The molecule has 0 atom stereocenters. The normalized spacial score (nSPS) is 11.3. The van der Waals surface area contributed by atoms with Gasteiger partial charge in [0.25, 0.3) is 5.56 Å². The highest BCUT2D eigenvalue weighted by atomic mass is 79.9. The molecule has 0 unspecified atom stereocenters. The number of nitrogens with zero attached hydrogens (tertiary/aromatic N) is 3. The van der Waals surface area contributed by atoms with Crippen LogP contribution in [0.5, 0.6) is 0 Å². The first-order chi connectivity index (χ1) is 10.3. The van der Waals surface area contributed by atoms with Crippen LogP contribution in [0.1, 0.15) is 26.6 Å². The van der Waals surface area contributed by atoms with Crippen LogP contribution in [0.2, 0.25) is 0 Å². The van der Waals surface area contributed by atoms with E-state index in [2.05, 4.69) is 42.5 Å². The van der Waals surface area contributed by atoms with E-state index in [-0.39, 0.29) is 5.52 Å². The van der Waals surface area contributed by atoms with Crippen molar-refractivity contribution >= 4 is 39.0 Å². The van der Waals surface area contributed by atoms with Crippen LogP contribution >= 0.6 is 15.9 Å². The summed E-state index contributed by atoms with van der Waals surface area (Å²) in [6.07, 6.45) is 1.55. The van der Waals surface area contributed by atoms with Crippen LogP contribution in [-0.4, -0.2) is 25.7 Å². The van der Waals surface area contributed by atoms with Crippen molar-refractivity contribution in [2.45, 2.75) is 27.3 Å². The molecule has 0 saturated heterocycles. The summed E-state index contributed by atoms with van der Waals surface area (Å²) in [7, 11) is 0. The van der Waals surface area contributed by atoms with Crippen molar-refractivity contribution in [3.63, 3.8) is 0 Å². The van der Waals surface area contributed by atoms with Crippen LogP contribution in [0.15, 0.2) is 31.2 Å². The van der Waals surface area contributed by atoms with E-state index in [9.17, 15) is 9.59 Å². The smallest absolute Gasteiger partial charge is 0.330 e. The monoisotopic (exact) mass is 365 g/mol. The minimum Gasteiger partial charge on any atom is -0.331 e. The fraction of sp³-hybridized carbons (Fsp3) is 0.286. The molecule has 2 rings (SSSR count). The molecule has 0 aliphatic heterocycles. The van der Waals surface area contributed by atoms with Crippen molar-refractivity contribution in [3.05, 3.63) is 43.3 Å². The van der Waals surface area contributed by atoms with Gasteiger partial charge in [0.15, 0.2) is 11.5 Å². The summed E-state index contributed by atoms with van der Waals surface area (Å²) in [4.78, 5) is 37.6. The largest absolute Gasteiger partial charge is 0.331 e. The van der Waals surface area contributed by atoms with Gasteiger partial charge in [-0.2, -0.15) is 0 Å². The Morgan fingerprint density at radius 2 is 2.09 bits per heavy atom. The zero-order valence-corrected chi connectivity index (χ0v) is 14.1. The van der Waals surface area contributed by atoms with Crippen molar-refractivity contribution in [1.29, 1.82) is 0 Å². The number of H-pyrrole nitrogens is 2. The highest BCUT2D eigenvalue weighted by molar-refractivity contribution is 9.12. The molecule has 2 heterocycles. The van der Waals surface area contributed by atoms with E-state index in [0.717, 1.165) is 5.57 Å². The van der Waals surface area contributed by atoms with E-state index >= 15 is 0 Å². The predicted molar refractivity (Wildman–Crippen MR) is 91.5 cm³/mol. The predicted octanol–water partition coefficient (Wildman–Crippen LogP) is 2.16. The van der Waals surface area contributed by atoms with Crippen LogP contribution in [0.25, 0.3) is 16.9 Å². The summed E-state index contributed by atoms with van der Waals surface area (Å²) in [6.45, 7) is 9.67. The van der Waals surface area contributed by atoms with E-state index < -0.39 is 11.2 Å². The van der Waals surface area contributed by atoms with Gasteiger partial charge in [0.05, 0.1) is 0 Å². The average molecular weight is 366 g/mol. The quantitative estimate of drug-likeness (QED) is 0.812. The molecule has 0 aromatic carbocycles. The Morgan fingerprint density at radius 3 is 2.64 bits per heavy atom. The van der Waals surface area contributed by atoms with Gasteiger partial charge in [0.1, 0.15) is 11.2 Å². The van der Waals surface area contributed by atoms with E-state index in [4.69, 9.17) is 0 Å². The second-order valence-corrected chi connectivity index (χ2v) is 5.86. The summed E-state index contributed by atoms with van der Waals surface area (Å²) in [6, 6.07) is 0. The van der Waals surface area contributed by atoms with Crippen LogP contribution < -0.4 is 11.2 Å². The minimum absolute atomic E-state index is 0.253. The lowest BCUT2D eigenvalue weighted by Gasteiger charge is -2.00. The number of allylic oxidation sites excluding steroid dienone is 2. The number of nitrogens with one attached hydrogen (secondary N) is 2. The maximum atomic E-state index is 11.9. The standard InChI is InChI=1S/C14H16BrN5O2/c1-5-20-12-10(13(21)19-14(20)22)17-11(18-12)9(7(2)3)16-6-8(4)15/h6H,4-5H2,1-3H3,(H,17,18)(H,19,21,22). The van der Waals surface area contributed by atoms with Gasteiger partial charge in [-0.15, -0.1) is 0 Å². The minimum atomic E-state index is -0.495. The molecule has 22 heavy (non-hydrogen) atoms. The van der Waals surface area contributed by atoms with Crippen molar-refractivity contribution < 1.29 is 0 Å². The molecular formula is C14H16BrN5O2. The van der Waals surface area contributed by atoms with E-state index in [1.807, 2.05) is 20.8 Å². The fourth-order valence-corrected chi connectivity index (χ4v) is 2.11. The molecule has 0 amide bonds. The number of hydrogen-bond donors (Lipinski definition) is 2. The van der Waals surface area contributed by atoms with Crippen LogP contribution in [0, 0.1) is 0 Å². The lowest BCUT2D eigenvalue weighted by Crippen LogP contribution is -2.29. The number of imidazole rings is 1. The summed E-state index contributed by atoms with van der Waals surface area (Å²) >= 11 is 3.21. The summed E-state index contributed by atoms with van der Waals surface area (Å²) in [5.74, 6) is 0.429. The molecule has 0 radical (unpaired) electrons. The van der Waals surface area contributed by atoms with Gasteiger partial charge in [-0.1, -0.05) is 6.58 Å². The fourth-order valence-electron chi connectivity index (χ4n) is 2.01. The number of aryl methyl sites for hydroxylation is 1. The number of aromatic amines is 2. The molecule has 7 nitrogen and oxygen atoms in total. The zero-order chi connectivity index (χ0) is 16.4. The van der Waals surface area contributed by atoms with Crippen LogP contribution in [-0.2, 0) is 6.54 Å². The number of aliphatic imine (C=N–C) groups is 1. The van der Waals surface area contributed by atoms with Gasteiger partial charge in [-0.05, 0) is 42.3 Å². The zero-order valence-electron chi connectivity index (χ0n) is 12.5. The highest BCUT2D eigenvalue weighted by Crippen LogP contribution is 2.19. The van der Waals surface area contributed by atoms with E-state index in [1.54, 1.807) is 6.21 Å². The summed E-state index contributed by atoms with van der Waals surface area (Å²) in [5.41, 5.74) is 1.10. The van der Waals surface area contributed by atoms with Crippen molar-refractivity contribution in [2.75, 3.05) is 0 Å². The summed E-state index contributed by atoms with van der Waals surface area (Å²) in [5, 5.41) is 0. The Hall–Kier alpha value is -2.22. The molecule has 0 aliphatic carbocycles. The van der Waals surface area contributed by atoms with Gasteiger partial charge in [-0.3, -0.25) is 19.3 Å². The van der Waals surface area contributed by atoms with Crippen molar-refractivity contribution in [2.24, 2.45) is 4.99 Å². The Labute approximate surface area is 134 Å². The Kier molecular flexibility index (Phi) is 4.60. The molecule has 2 aromatic rings. The Morgan fingerprint density at radius 1 is 1.41 bits per heavy atom. The van der Waals surface area contributed by atoms with E-state index in [1.165, 1.54) is 4.57 Å². The van der Waals surface area contributed by atoms with Gasteiger partial charge in [-0.25, -0.2) is 9.78 Å². The lowest BCUT2D eigenvalue weighted by molar-refractivity contribution is 0.719. The maximum Gasteiger partial charge on any atom is 0.330 e. The van der Waals surface area contributed by atoms with Crippen molar-refractivity contribution in [1.82, 2.24) is 19.5 Å². The van der Waals surface area contributed by atoms with Gasteiger partial charge in [0.2, 0.25) is 0 Å². The second kappa shape index (κ2) is 6.27. The Bertz CT molecular complexity index is 909. The van der Waals surface area contributed by atoms with Crippen LogP contribution in [0.4, 0.5) is 0 Å². The lowest BCUT2D eigenvalue weighted by atomic mass is 10.2. The third-order valence-electron chi connectivity index (χ3n) is 2.98. The van der Waals surface area contributed by atoms with Gasteiger partial charge < -0.3 is 4.98 Å². The first-order valence-corrected chi connectivity index (χ1v) is 7.43. The molecule has 0 bridgehead atoms. The van der Waals surface area contributed by atoms with Crippen molar-refractivity contribution in [3.8, 4) is 0 Å². The molecule has 0 saturated carbocycles. The molecule has 8 heteroatoms. The first-order valence-electron chi connectivity index (χ1n) is 6.64. The number of aromatic nitrogens is 4. The third kappa shape index (κ3) is 3.01. The molecule has 0 fully saturated rings. The highest BCUT2D eigenvalue weighted by Gasteiger charge is 2.14. The van der Waals surface area contributed by atoms with Gasteiger partial charge in [0, 0.05) is 17.2 Å². The third-order valence-corrected chi connectivity index (χ3v) is 3.19. The summed E-state index contributed by atoms with van der Waals surface area (Å²) < 4.78 is 2.01. The first kappa shape index (κ1) is 16.2. The molecule has 116 valence electrons. The molecule has 0 spiro atoms. The Balaban J connectivity index is 2.75. The van der Waals surface area contributed by atoms with Gasteiger partial charge >= 0.3 is 5.69 Å². The SMILES string of the molecule is C=C(Br)C=NC(=C(C)C)c1nc2c([nH]1)c(=O)[nH]c(=O)n2CC. The van der Waals surface area contributed by atoms with Crippen LogP contribution in [0.3, 0.4) is 0 Å². The number of hydrogen-bond acceptors (Lipinski definition) is 4. The average Bonchev–Trinajstić information content (AvgIpc) is 2.83. The molecular weight excluding hydrogens is 350 g/mol.